The zero-order valence-corrected chi connectivity index (χ0v) is 12.1. The Morgan fingerprint density at radius 2 is 2.00 bits per heavy atom. The minimum absolute atomic E-state index is 0.0167. The molecule has 2 saturated heterocycles. The summed E-state index contributed by atoms with van der Waals surface area (Å²) >= 11 is 0. The van der Waals surface area contributed by atoms with E-state index >= 15 is 0 Å². The first kappa shape index (κ1) is 14.3. The number of hydrogen-bond donors (Lipinski definition) is 0. The first-order chi connectivity index (χ1) is 10.2. The van der Waals surface area contributed by atoms with E-state index in [1.807, 2.05) is 30.3 Å². The van der Waals surface area contributed by atoms with Gasteiger partial charge in [-0.25, -0.2) is 9.18 Å². The number of alkyl halides is 1. The number of halogens is 1. The van der Waals surface area contributed by atoms with Crippen LogP contribution >= 0.6 is 0 Å². The van der Waals surface area contributed by atoms with E-state index in [1.165, 1.54) is 4.90 Å². The van der Waals surface area contributed by atoms with E-state index in [-0.39, 0.29) is 19.2 Å². The standard InChI is InChI=1S/C16H21FN2O2/c17-14-11-19(10-7-15(14)18-8-4-9-18)16(20)21-12-13-5-2-1-3-6-13/h1-3,5-6,14-15H,4,7-12H2. The van der Waals surface area contributed by atoms with Crippen LogP contribution in [0, 0.1) is 0 Å². The monoisotopic (exact) mass is 292 g/mol. The summed E-state index contributed by atoms with van der Waals surface area (Å²) in [5.41, 5.74) is 0.943. The van der Waals surface area contributed by atoms with Crippen LogP contribution in [0.3, 0.4) is 0 Å². The van der Waals surface area contributed by atoms with E-state index in [0.717, 1.165) is 25.1 Å². The lowest BCUT2D eigenvalue weighted by Crippen LogP contribution is -2.57. The van der Waals surface area contributed by atoms with Gasteiger partial charge >= 0.3 is 6.09 Å². The third kappa shape index (κ3) is 3.35. The van der Waals surface area contributed by atoms with Gasteiger partial charge in [-0.2, -0.15) is 0 Å². The van der Waals surface area contributed by atoms with Crippen molar-refractivity contribution >= 4 is 6.09 Å². The number of carbonyl (C=O) groups is 1. The van der Waals surface area contributed by atoms with E-state index in [1.54, 1.807) is 0 Å². The highest BCUT2D eigenvalue weighted by molar-refractivity contribution is 5.67. The van der Waals surface area contributed by atoms with E-state index in [4.69, 9.17) is 4.74 Å². The lowest BCUT2D eigenvalue weighted by Gasteiger charge is -2.44. The van der Waals surface area contributed by atoms with Gasteiger partial charge in [-0.3, -0.25) is 4.90 Å². The Morgan fingerprint density at radius 1 is 1.24 bits per heavy atom. The molecule has 2 heterocycles. The summed E-state index contributed by atoms with van der Waals surface area (Å²) in [6.07, 6.45) is 0.472. The molecule has 0 aliphatic carbocycles. The summed E-state index contributed by atoms with van der Waals surface area (Å²) in [7, 11) is 0. The zero-order chi connectivity index (χ0) is 14.7. The zero-order valence-electron chi connectivity index (χ0n) is 12.1. The van der Waals surface area contributed by atoms with Crippen LogP contribution in [0.5, 0.6) is 0 Å². The van der Waals surface area contributed by atoms with Gasteiger partial charge in [0.15, 0.2) is 0 Å². The van der Waals surface area contributed by atoms with Gasteiger partial charge in [-0.15, -0.1) is 0 Å². The summed E-state index contributed by atoms with van der Waals surface area (Å²) in [5.74, 6) is 0. The summed E-state index contributed by atoms with van der Waals surface area (Å²) < 4.78 is 19.5. The highest BCUT2D eigenvalue weighted by atomic mass is 19.1. The Balaban J connectivity index is 1.47. The Bertz CT molecular complexity index is 478. The van der Waals surface area contributed by atoms with E-state index in [0.29, 0.717) is 13.0 Å². The van der Waals surface area contributed by atoms with Gasteiger partial charge in [0, 0.05) is 12.6 Å². The first-order valence-corrected chi connectivity index (χ1v) is 7.58. The molecule has 0 N–H and O–H groups in total. The Labute approximate surface area is 124 Å². The van der Waals surface area contributed by atoms with Gasteiger partial charge < -0.3 is 9.64 Å². The smallest absolute Gasteiger partial charge is 0.410 e. The number of nitrogens with zero attached hydrogens (tertiary/aromatic N) is 2. The molecule has 2 fully saturated rings. The fourth-order valence-electron chi connectivity index (χ4n) is 2.95. The topological polar surface area (TPSA) is 32.8 Å². The first-order valence-electron chi connectivity index (χ1n) is 7.58. The molecule has 0 spiro atoms. The Morgan fingerprint density at radius 3 is 2.62 bits per heavy atom. The van der Waals surface area contributed by atoms with Gasteiger partial charge in [-0.1, -0.05) is 30.3 Å². The number of hydrogen-bond acceptors (Lipinski definition) is 3. The van der Waals surface area contributed by atoms with Crippen molar-refractivity contribution in [1.82, 2.24) is 9.80 Å². The molecule has 5 heteroatoms. The van der Waals surface area contributed by atoms with Crippen LogP contribution < -0.4 is 0 Å². The van der Waals surface area contributed by atoms with Crippen molar-refractivity contribution in [1.29, 1.82) is 0 Å². The number of piperidine rings is 1. The molecule has 2 aliphatic heterocycles. The van der Waals surface area contributed by atoms with Crippen LogP contribution in [0.1, 0.15) is 18.4 Å². The van der Waals surface area contributed by atoms with Crippen LogP contribution in [0.25, 0.3) is 0 Å². The third-order valence-corrected chi connectivity index (χ3v) is 4.33. The molecule has 0 radical (unpaired) electrons. The average molecular weight is 292 g/mol. The molecule has 114 valence electrons. The Kier molecular flexibility index (Phi) is 4.39. The molecule has 21 heavy (non-hydrogen) atoms. The molecule has 2 unspecified atom stereocenters. The number of ether oxygens (including phenoxy) is 1. The van der Waals surface area contributed by atoms with Crippen LogP contribution in [-0.4, -0.2) is 54.3 Å². The van der Waals surface area contributed by atoms with Crippen LogP contribution in [0.4, 0.5) is 9.18 Å². The van der Waals surface area contributed by atoms with Gasteiger partial charge in [0.1, 0.15) is 12.8 Å². The van der Waals surface area contributed by atoms with Crippen LogP contribution in [-0.2, 0) is 11.3 Å². The highest BCUT2D eigenvalue weighted by Crippen LogP contribution is 2.24. The van der Waals surface area contributed by atoms with Crippen molar-refractivity contribution in [3.05, 3.63) is 35.9 Å². The molecule has 1 amide bonds. The molecular formula is C16H21FN2O2. The second-order valence-corrected chi connectivity index (χ2v) is 5.75. The lowest BCUT2D eigenvalue weighted by atomic mass is 9.98. The molecular weight excluding hydrogens is 271 g/mol. The number of rotatable bonds is 3. The molecule has 0 aromatic heterocycles. The number of carbonyl (C=O) groups excluding carboxylic acids is 1. The molecule has 1 aromatic rings. The van der Waals surface area contributed by atoms with Crippen molar-refractivity contribution in [2.45, 2.75) is 31.7 Å². The predicted octanol–water partition coefficient (Wildman–Crippen LogP) is 2.44. The fraction of sp³-hybridized carbons (Fsp3) is 0.562. The molecule has 4 nitrogen and oxygen atoms in total. The van der Waals surface area contributed by atoms with E-state index in [9.17, 15) is 9.18 Å². The van der Waals surface area contributed by atoms with Crippen molar-refractivity contribution in [3.63, 3.8) is 0 Å². The maximum Gasteiger partial charge on any atom is 0.410 e. The molecule has 1 aromatic carbocycles. The minimum Gasteiger partial charge on any atom is -0.445 e. The minimum atomic E-state index is -0.969. The normalized spacial score (nSPS) is 26.2. The molecule has 0 saturated carbocycles. The average Bonchev–Trinajstić information content (AvgIpc) is 2.46. The third-order valence-electron chi connectivity index (χ3n) is 4.33. The van der Waals surface area contributed by atoms with E-state index < -0.39 is 12.3 Å². The number of benzene rings is 1. The maximum absolute atomic E-state index is 14.2. The summed E-state index contributed by atoms with van der Waals surface area (Å²) in [6, 6.07) is 9.51. The van der Waals surface area contributed by atoms with Gasteiger partial charge in [0.05, 0.1) is 6.54 Å². The maximum atomic E-state index is 14.2. The lowest BCUT2D eigenvalue weighted by molar-refractivity contribution is 0.000895. The molecule has 0 bridgehead atoms. The van der Waals surface area contributed by atoms with Crippen LogP contribution in [0.2, 0.25) is 0 Å². The quantitative estimate of drug-likeness (QED) is 0.858. The number of likely N-dealkylation sites (tertiary alicyclic amines) is 2. The van der Waals surface area contributed by atoms with Crippen molar-refractivity contribution in [2.75, 3.05) is 26.2 Å². The summed E-state index contributed by atoms with van der Waals surface area (Å²) in [6.45, 7) is 2.94. The van der Waals surface area contributed by atoms with Gasteiger partial charge in [-0.05, 0) is 31.5 Å². The molecule has 2 aliphatic rings. The highest BCUT2D eigenvalue weighted by Gasteiger charge is 2.37. The second kappa shape index (κ2) is 6.43. The van der Waals surface area contributed by atoms with Crippen molar-refractivity contribution in [2.24, 2.45) is 0 Å². The summed E-state index contributed by atoms with van der Waals surface area (Å²) in [5, 5.41) is 0. The fourth-order valence-corrected chi connectivity index (χ4v) is 2.95. The van der Waals surface area contributed by atoms with Crippen LogP contribution in [0.15, 0.2) is 30.3 Å². The van der Waals surface area contributed by atoms with Gasteiger partial charge in [0.25, 0.3) is 0 Å². The summed E-state index contributed by atoms with van der Waals surface area (Å²) in [4.78, 5) is 15.7. The largest absolute Gasteiger partial charge is 0.445 e. The Hall–Kier alpha value is -1.62. The molecule has 2 atom stereocenters. The van der Waals surface area contributed by atoms with Gasteiger partial charge in [0.2, 0.25) is 0 Å². The predicted molar refractivity (Wildman–Crippen MR) is 77.7 cm³/mol. The van der Waals surface area contributed by atoms with E-state index in [2.05, 4.69) is 4.90 Å². The van der Waals surface area contributed by atoms with Crippen molar-refractivity contribution in [3.8, 4) is 0 Å². The second-order valence-electron chi connectivity index (χ2n) is 5.75. The SMILES string of the molecule is O=C(OCc1ccccc1)N1CCC(N2CCC2)C(F)C1. The molecule has 3 rings (SSSR count). The van der Waals surface area contributed by atoms with Crippen molar-refractivity contribution < 1.29 is 13.9 Å². The number of amides is 1.